The molecule has 2 amide bonds. The zero-order valence-corrected chi connectivity index (χ0v) is 17.0. The molecule has 0 spiro atoms. The highest BCUT2D eigenvalue weighted by molar-refractivity contribution is 6.29. The summed E-state index contributed by atoms with van der Waals surface area (Å²) in [6, 6.07) is 11.0. The summed E-state index contributed by atoms with van der Waals surface area (Å²) in [6.07, 6.45) is 0.226. The number of anilines is 2. The van der Waals surface area contributed by atoms with E-state index in [4.69, 9.17) is 21.1 Å². The van der Waals surface area contributed by atoms with Crippen LogP contribution in [0.25, 0.3) is 0 Å². The van der Waals surface area contributed by atoms with E-state index < -0.39 is 0 Å². The van der Waals surface area contributed by atoms with Crippen molar-refractivity contribution in [3.8, 4) is 11.5 Å². The molecule has 1 atom stereocenters. The number of hydrogen-bond acceptors (Lipinski definition) is 6. The molecule has 30 heavy (non-hydrogen) atoms. The third-order valence-electron chi connectivity index (χ3n) is 5.76. The molecule has 0 saturated carbocycles. The molecular weight excluding hydrogens is 408 g/mol. The zero-order valence-electron chi connectivity index (χ0n) is 16.3. The standard InChI is InChI=1S/C21H21ClN4O4/c22-18-2-1-3-19(23-18)24-6-8-25(9-7-24)21(28)14-10-20(27)26(12-14)15-4-5-16-17(11-15)30-13-29-16/h1-5,11,14H,6-10,12-13H2. The van der Waals surface area contributed by atoms with Gasteiger partial charge in [0.15, 0.2) is 11.5 Å². The Bertz CT molecular complexity index is 993. The van der Waals surface area contributed by atoms with Crippen molar-refractivity contribution in [2.75, 3.05) is 49.3 Å². The van der Waals surface area contributed by atoms with E-state index in [0.717, 1.165) is 11.5 Å². The Labute approximate surface area is 178 Å². The maximum atomic E-state index is 13.1. The second-order valence-electron chi connectivity index (χ2n) is 7.57. The molecule has 3 aliphatic rings. The number of benzene rings is 1. The Morgan fingerprint density at radius 1 is 1.07 bits per heavy atom. The van der Waals surface area contributed by atoms with Crippen LogP contribution in [0.5, 0.6) is 11.5 Å². The second-order valence-corrected chi connectivity index (χ2v) is 7.96. The lowest BCUT2D eigenvalue weighted by Crippen LogP contribution is -2.51. The summed E-state index contributed by atoms with van der Waals surface area (Å²) in [5, 5.41) is 0.457. The van der Waals surface area contributed by atoms with Crippen molar-refractivity contribution < 1.29 is 19.1 Å². The van der Waals surface area contributed by atoms with Crippen molar-refractivity contribution in [3.05, 3.63) is 41.6 Å². The number of carbonyl (C=O) groups is 2. The Hall–Kier alpha value is -3.00. The van der Waals surface area contributed by atoms with Crippen molar-refractivity contribution in [3.63, 3.8) is 0 Å². The SMILES string of the molecule is O=C(C1CC(=O)N(c2ccc3c(c2)OCO3)C1)N1CCN(c2cccc(Cl)n2)CC1. The number of pyridine rings is 1. The van der Waals surface area contributed by atoms with Crippen molar-refractivity contribution in [2.45, 2.75) is 6.42 Å². The van der Waals surface area contributed by atoms with E-state index in [1.807, 2.05) is 23.1 Å². The highest BCUT2D eigenvalue weighted by Crippen LogP contribution is 2.37. The van der Waals surface area contributed by atoms with Gasteiger partial charge in [0.25, 0.3) is 0 Å². The Kier molecular flexibility index (Phi) is 4.86. The van der Waals surface area contributed by atoms with Crippen molar-refractivity contribution >= 4 is 34.9 Å². The van der Waals surface area contributed by atoms with Crippen LogP contribution in [0.3, 0.4) is 0 Å². The van der Waals surface area contributed by atoms with Gasteiger partial charge >= 0.3 is 0 Å². The lowest BCUT2D eigenvalue weighted by atomic mass is 10.1. The summed E-state index contributed by atoms with van der Waals surface area (Å²) in [7, 11) is 0. The Morgan fingerprint density at radius 2 is 1.87 bits per heavy atom. The predicted molar refractivity (Wildman–Crippen MR) is 111 cm³/mol. The number of halogens is 1. The van der Waals surface area contributed by atoms with Crippen LogP contribution in [0.15, 0.2) is 36.4 Å². The van der Waals surface area contributed by atoms with Gasteiger partial charge in [0.2, 0.25) is 18.6 Å². The number of aromatic nitrogens is 1. The maximum absolute atomic E-state index is 13.1. The van der Waals surface area contributed by atoms with Crippen LogP contribution < -0.4 is 19.3 Å². The molecule has 0 radical (unpaired) electrons. The van der Waals surface area contributed by atoms with Gasteiger partial charge in [-0.3, -0.25) is 9.59 Å². The normalized spacial score (nSPS) is 20.8. The molecule has 0 N–H and O–H groups in total. The molecule has 1 aromatic carbocycles. The summed E-state index contributed by atoms with van der Waals surface area (Å²) in [4.78, 5) is 35.6. The molecule has 3 aliphatic heterocycles. The van der Waals surface area contributed by atoms with E-state index in [0.29, 0.717) is 49.4 Å². The van der Waals surface area contributed by atoms with Crippen molar-refractivity contribution in [1.29, 1.82) is 0 Å². The van der Waals surface area contributed by atoms with Crippen molar-refractivity contribution in [2.24, 2.45) is 5.92 Å². The third-order valence-corrected chi connectivity index (χ3v) is 5.97. The fourth-order valence-electron chi connectivity index (χ4n) is 4.16. The van der Waals surface area contributed by atoms with Gasteiger partial charge in [-0.15, -0.1) is 0 Å². The van der Waals surface area contributed by atoms with Gasteiger partial charge < -0.3 is 24.2 Å². The molecule has 5 rings (SSSR count). The number of rotatable bonds is 3. The molecule has 8 nitrogen and oxygen atoms in total. The fourth-order valence-corrected chi connectivity index (χ4v) is 4.32. The van der Waals surface area contributed by atoms with E-state index in [2.05, 4.69) is 9.88 Å². The van der Waals surface area contributed by atoms with Crippen LogP contribution in [0.4, 0.5) is 11.5 Å². The number of ether oxygens (including phenoxy) is 2. The summed E-state index contributed by atoms with van der Waals surface area (Å²) < 4.78 is 10.7. The first-order chi connectivity index (χ1) is 14.6. The lowest BCUT2D eigenvalue weighted by Gasteiger charge is -2.36. The maximum Gasteiger partial charge on any atom is 0.231 e. The molecule has 9 heteroatoms. The minimum atomic E-state index is -0.334. The monoisotopic (exact) mass is 428 g/mol. The molecule has 156 valence electrons. The quantitative estimate of drug-likeness (QED) is 0.697. The average Bonchev–Trinajstić information content (AvgIpc) is 3.39. The van der Waals surface area contributed by atoms with Gasteiger partial charge in [0.05, 0.1) is 5.92 Å². The van der Waals surface area contributed by atoms with E-state index in [1.54, 1.807) is 23.1 Å². The molecular formula is C21H21ClN4O4. The largest absolute Gasteiger partial charge is 0.454 e. The molecule has 1 unspecified atom stereocenters. The van der Waals surface area contributed by atoms with Crippen LogP contribution in [-0.4, -0.2) is 61.2 Å². The molecule has 1 aromatic heterocycles. The third kappa shape index (κ3) is 3.52. The van der Waals surface area contributed by atoms with Gasteiger partial charge in [0, 0.05) is 50.9 Å². The van der Waals surface area contributed by atoms with Crippen LogP contribution >= 0.6 is 11.6 Å². The summed E-state index contributed by atoms with van der Waals surface area (Å²) >= 11 is 5.98. The van der Waals surface area contributed by atoms with Crippen LogP contribution in [0, 0.1) is 5.92 Å². The highest BCUT2D eigenvalue weighted by Gasteiger charge is 2.38. The molecule has 4 heterocycles. The van der Waals surface area contributed by atoms with E-state index in [-0.39, 0.29) is 30.9 Å². The lowest BCUT2D eigenvalue weighted by molar-refractivity contribution is -0.136. The zero-order chi connectivity index (χ0) is 20.7. The number of nitrogens with zero attached hydrogens (tertiary/aromatic N) is 4. The molecule has 0 aliphatic carbocycles. The molecule has 2 saturated heterocycles. The molecule has 2 aromatic rings. The summed E-state index contributed by atoms with van der Waals surface area (Å²) in [6.45, 7) is 3.14. The predicted octanol–water partition coefficient (Wildman–Crippen LogP) is 2.17. The van der Waals surface area contributed by atoms with Crippen molar-refractivity contribution in [1.82, 2.24) is 9.88 Å². The van der Waals surface area contributed by atoms with E-state index in [1.165, 1.54) is 0 Å². The average molecular weight is 429 g/mol. The number of amides is 2. The fraction of sp³-hybridized carbons (Fsp3) is 0.381. The topological polar surface area (TPSA) is 75.2 Å². The summed E-state index contributed by atoms with van der Waals surface area (Å²) in [5.41, 5.74) is 0.733. The first-order valence-electron chi connectivity index (χ1n) is 9.95. The minimum Gasteiger partial charge on any atom is -0.454 e. The summed E-state index contributed by atoms with van der Waals surface area (Å²) in [5.74, 6) is 1.77. The van der Waals surface area contributed by atoms with E-state index in [9.17, 15) is 9.59 Å². The molecule has 2 fully saturated rings. The van der Waals surface area contributed by atoms with Gasteiger partial charge in [0.1, 0.15) is 11.0 Å². The smallest absolute Gasteiger partial charge is 0.231 e. The van der Waals surface area contributed by atoms with Crippen LogP contribution in [0.1, 0.15) is 6.42 Å². The Balaban J connectivity index is 1.22. The first kappa shape index (κ1) is 19.0. The van der Waals surface area contributed by atoms with Gasteiger partial charge in [-0.2, -0.15) is 0 Å². The minimum absolute atomic E-state index is 0.0327. The first-order valence-corrected chi connectivity index (χ1v) is 10.3. The number of carbonyl (C=O) groups excluding carboxylic acids is 2. The number of piperazine rings is 1. The highest BCUT2D eigenvalue weighted by atomic mass is 35.5. The number of hydrogen-bond donors (Lipinski definition) is 0. The number of fused-ring (bicyclic) bond motifs is 1. The van der Waals surface area contributed by atoms with Crippen LogP contribution in [-0.2, 0) is 9.59 Å². The Morgan fingerprint density at radius 3 is 2.67 bits per heavy atom. The second kappa shape index (κ2) is 7.68. The molecule has 0 bridgehead atoms. The van der Waals surface area contributed by atoms with Crippen LogP contribution in [0.2, 0.25) is 5.15 Å². The van der Waals surface area contributed by atoms with Gasteiger partial charge in [-0.25, -0.2) is 4.98 Å². The van der Waals surface area contributed by atoms with Gasteiger partial charge in [-0.05, 0) is 24.3 Å². The van der Waals surface area contributed by atoms with Gasteiger partial charge in [-0.1, -0.05) is 17.7 Å². The van der Waals surface area contributed by atoms with E-state index >= 15 is 0 Å².